The van der Waals surface area contributed by atoms with Crippen molar-refractivity contribution in [3.05, 3.63) is 70.1 Å². The van der Waals surface area contributed by atoms with Crippen LogP contribution in [-0.2, 0) is 23.5 Å². The second-order valence-electron chi connectivity index (χ2n) is 9.89. The maximum atomic E-state index is 13.3. The molecule has 1 saturated heterocycles. The molecule has 0 unspecified atom stereocenters. The quantitative estimate of drug-likeness (QED) is 0.364. The molecule has 0 atom stereocenters. The number of ether oxygens (including phenoxy) is 1. The molecule has 1 aliphatic rings. The molecule has 0 aliphatic carbocycles. The Kier molecular flexibility index (Phi) is 9.39. The van der Waals surface area contributed by atoms with Crippen LogP contribution in [-0.4, -0.2) is 77.2 Å². The third kappa shape index (κ3) is 6.43. The molecule has 0 amide bonds. The van der Waals surface area contributed by atoms with Crippen LogP contribution in [0, 0.1) is 6.92 Å². The molecule has 3 heterocycles. The number of hydrogen-bond acceptors (Lipinski definition) is 7. The summed E-state index contributed by atoms with van der Waals surface area (Å²) in [6.07, 6.45) is 1.54. The van der Waals surface area contributed by atoms with E-state index in [9.17, 15) is 13.2 Å². The highest BCUT2D eigenvalue weighted by molar-refractivity contribution is 7.89. The van der Waals surface area contributed by atoms with Crippen molar-refractivity contribution >= 4 is 21.1 Å². The molecule has 1 fully saturated rings. The number of H-pyrrole nitrogens is 1. The van der Waals surface area contributed by atoms with E-state index < -0.39 is 10.0 Å². The van der Waals surface area contributed by atoms with Crippen LogP contribution in [0.2, 0.25) is 0 Å². The number of rotatable bonds is 7. The monoisotopic (exact) mass is 566 g/mol. The average molecular weight is 567 g/mol. The van der Waals surface area contributed by atoms with Gasteiger partial charge in [-0.25, -0.2) is 13.4 Å². The normalized spacial score (nSPS) is 14.6. The molecule has 0 bridgehead atoms. The first-order chi connectivity index (χ1) is 19.1. The summed E-state index contributed by atoms with van der Waals surface area (Å²) in [7, 11) is -0.00831. The molecule has 10 nitrogen and oxygen atoms in total. The number of hydrogen-bond donors (Lipinski definition) is 1. The summed E-state index contributed by atoms with van der Waals surface area (Å²) in [5.74, 6) is 0.718. The zero-order chi connectivity index (χ0) is 28.9. The van der Waals surface area contributed by atoms with E-state index in [4.69, 9.17) is 9.72 Å². The lowest BCUT2D eigenvalue weighted by molar-refractivity contribution is 0.222. The van der Waals surface area contributed by atoms with Crippen LogP contribution in [0.3, 0.4) is 0 Å². The molecule has 0 radical (unpaired) electrons. The molecular formula is C29H38N6O4S. The number of piperazine rings is 1. The van der Waals surface area contributed by atoms with Crippen LogP contribution >= 0.6 is 0 Å². The van der Waals surface area contributed by atoms with Crippen molar-refractivity contribution in [1.29, 1.82) is 0 Å². The van der Waals surface area contributed by atoms with Gasteiger partial charge in [0.05, 0.1) is 22.8 Å². The number of fused-ring (bicyclic) bond motifs is 1. The maximum absolute atomic E-state index is 13.3. The van der Waals surface area contributed by atoms with Crippen molar-refractivity contribution < 1.29 is 13.2 Å². The molecule has 5 rings (SSSR count). The number of likely N-dealkylation sites (N-methyl/N-ethyl adjacent to an activating group) is 1. The van der Waals surface area contributed by atoms with E-state index >= 15 is 0 Å². The smallest absolute Gasteiger partial charge is 0.277 e. The highest BCUT2D eigenvalue weighted by atomic mass is 32.2. The Morgan fingerprint density at radius 2 is 1.70 bits per heavy atom. The van der Waals surface area contributed by atoms with Gasteiger partial charge in [0.2, 0.25) is 10.0 Å². The maximum Gasteiger partial charge on any atom is 0.277 e. The first-order valence-electron chi connectivity index (χ1n) is 13.6. The lowest BCUT2D eigenvalue weighted by Crippen LogP contribution is -2.47. The molecule has 1 aliphatic heterocycles. The van der Waals surface area contributed by atoms with Gasteiger partial charge < -0.3 is 14.6 Å². The summed E-state index contributed by atoms with van der Waals surface area (Å²) in [6.45, 7) is 8.56. The van der Waals surface area contributed by atoms with E-state index in [1.807, 2.05) is 39.1 Å². The Labute approximate surface area is 235 Å². The number of aromatic nitrogens is 4. The third-order valence-corrected chi connectivity index (χ3v) is 8.69. The van der Waals surface area contributed by atoms with Crippen molar-refractivity contribution in [3.8, 4) is 17.1 Å². The van der Waals surface area contributed by atoms with E-state index in [1.54, 1.807) is 25.2 Å². The van der Waals surface area contributed by atoms with E-state index in [1.165, 1.54) is 14.6 Å². The lowest BCUT2D eigenvalue weighted by Gasteiger charge is -2.31. The third-order valence-electron chi connectivity index (χ3n) is 6.80. The summed E-state index contributed by atoms with van der Waals surface area (Å²) in [4.78, 5) is 22.7. The summed E-state index contributed by atoms with van der Waals surface area (Å²) in [5.41, 5.74) is 3.07. The first-order valence-corrected chi connectivity index (χ1v) is 15.0. The molecule has 2 aromatic heterocycles. The minimum atomic E-state index is -3.70. The highest BCUT2D eigenvalue weighted by Gasteiger charge is 2.29. The van der Waals surface area contributed by atoms with Gasteiger partial charge in [-0.3, -0.25) is 9.48 Å². The van der Waals surface area contributed by atoms with Crippen LogP contribution in [0.4, 0.5) is 0 Å². The molecule has 40 heavy (non-hydrogen) atoms. The molecule has 11 heteroatoms. The number of benzene rings is 2. The Morgan fingerprint density at radius 3 is 2.30 bits per heavy atom. The number of nitrogens with one attached hydrogen (secondary N) is 1. The van der Waals surface area contributed by atoms with E-state index in [2.05, 4.69) is 34.0 Å². The van der Waals surface area contributed by atoms with Gasteiger partial charge in [-0.05, 0) is 45.5 Å². The first kappa shape index (κ1) is 29.4. The van der Waals surface area contributed by atoms with Gasteiger partial charge in [0.15, 0.2) is 5.52 Å². The van der Waals surface area contributed by atoms with Crippen molar-refractivity contribution in [1.82, 2.24) is 29.0 Å². The van der Waals surface area contributed by atoms with E-state index in [0.717, 1.165) is 12.1 Å². The zero-order valence-corrected chi connectivity index (χ0v) is 24.7. The van der Waals surface area contributed by atoms with Crippen molar-refractivity contribution in [2.45, 2.75) is 38.5 Å². The van der Waals surface area contributed by atoms with E-state index in [-0.39, 0.29) is 16.3 Å². The van der Waals surface area contributed by atoms with Crippen molar-refractivity contribution in [2.75, 3.05) is 39.8 Å². The van der Waals surface area contributed by atoms with Crippen LogP contribution in [0.5, 0.6) is 5.75 Å². The highest BCUT2D eigenvalue weighted by Crippen LogP contribution is 2.32. The van der Waals surface area contributed by atoms with Gasteiger partial charge in [0, 0.05) is 33.2 Å². The molecular weight excluding hydrogens is 528 g/mol. The predicted octanol–water partition coefficient (Wildman–Crippen LogP) is 3.61. The van der Waals surface area contributed by atoms with Crippen molar-refractivity contribution in [3.63, 3.8) is 0 Å². The average Bonchev–Trinajstić information content (AvgIpc) is 3.25. The SMILES string of the molecule is CCCc1nn(C)c2c(=O)[nH]c(-c3cc(S(=O)(=O)N4CCN(C)CC4)ccc3OCC)nc12.Cc1ccccc1. The molecule has 4 aromatic rings. The predicted molar refractivity (Wildman–Crippen MR) is 157 cm³/mol. The second-order valence-corrected chi connectivity index (χ2v) is 11.8. The Hall–Kier alpha value is -3.54. The molecule has 0 spiro atoms. The summed E-state index contributed by atoms with van der Waals surface area (Å²) >= 11 is 0. The Bertz CT molecular complexity index is 1610. The lowest BCUT2D eigenvalue weighted by atomic mass is 10.1. The minimum absolute atomic E-state index is 0.147. The van der Waals surface area contributed by atoms with Crippen LogP contribution in [0.15, 0.2) is 58.2 Å². The minimum Gasteiger partial charge on any atom is -0.493 e. The van der Waals surface area contributed by atoms with Gasteiger partial charge in [-0.15, -0.1) is 0 Å². The summed E-state index contributed by atoms with van der Waals surface area (Å²) in [6, 6.07) is 15.0. The number of aromatic amines is 1. The standard InChI is InChI=1S/C22H30N6O4S.C7H8/c1-5-7-17-19-20(27(4)25-17)22(29)24-21(23-19)16-14-15(8-9-18(16)32-6-2)33(30,31)28-12-10-26(3)11-13-28;1-7-5-3-2-4-6-7/h8-9,14H,5-7,10-13H2,1-4H3,(H,23,24,29);2-6H,1H3. The topological polar surface area (TPSA) is 113 Å². The van der Waals surface area contributed by atoms with Gasteiger partial charge in [-0.2, -0.15) is 9.40 Å². The second kappa shape index (κ2) is 12.8. The van der Waals surface area contributed by atoms with Gasteiger partial charge >= 0.3 is 0 Å². The fourth-order valence-corrected chi connectivity index (χ4v) is 6.08. The van der Waals surface area contributed by atoms with Crippen molar-refractivity contribution in [2.24, 2.45) is 7.05 Å². The molecule has 214 valence electrons. The largest absolute Gasteiger partial charge is 0.493 e. The fourth-order valence-electron chi connectivity index (χ4n) is 4.63. The zero-order valence-electron chi connectivity index (χ0n) is 23.8. The molecule has 1 N–H and O–H groups in total. The van der Waals surface area contributed by atoms with Gasteiger partial charge in [0.1, 0.15) is 17.1 Å². The number of nitrogens with zero attached hydrogens (tertiary/aromatic N) is 5. The Balaban J connectivity index is 0.000000461. The Morgan fingerprint density at radius 1 is 1.00 bits per heavy atom. The summed E-state index contributed by atoms with van der Waals surface area (Å²) < 4.78 is 35.4. The van der Waals surface area contributed by atoms with Gasteiger partial charge in [0.25, 0.3) is 5.56 Å². The van der Waals surface area contributed by atoms with Crippen LogP contribution < -0.4 is 10.3 Å². The van der Waals surface area contributed by atoms with Gasteiger partial charge in [-0.1, -0.05) is 49.2 Å². The van der Waals surface area contributed by atoms with Crippen LogP contribution in [0.1, 0.15) is 31.5 Å². The number of sulfonamides is 1. The number of aryl methyl sites for hydroxylation is 3. The van der Waals surface area contributed by atoms with Crippen LogP contribution in [0.25, 0.3) is 22.4 Å². The van der Waals surface area contributed by atoms with E-state index in [0.29, 0.717) is 61.6 Å². The fraction of sp³-hybridized carbons (Fsp3) is 0.414. The molecule has 2 aromatic carbocycles. The molecule has 0 saturated carbocycles. The summed E-state index contributed by atoms with van der Waals surface area (Å²) in [5, 5.41) is 4.45.